The fraction of sp³-hybridized carbons (Fsp3) is 0.333. The summed E-state index contributed by atoms with van der Waals surface area (Å²) in [7, 11) is 0. The number of nitrogens with zero attached hydrogens (tertiary/aromatic N) is 2. The molecule has 2 heterocycles. The number of hydrogen-bond acceptors (Lipinski definition) is 5. The lowest BCUT2D eigenvalue weighted by Gasteiger charge is -2.16. The van der Waals surface area contributed by atoms with Crippen molar-refractivity contribution in [3.05, 3.63) is 52.0 Å². The molecule has 2 N–H and O–H groups in total. The van der Waals surface area contributed by atoms with Crippen molar-refractivity contribution in [1.82, 2.24) is 15.2 Å². The van der Waals surface area contributed by atoms with E-state index in [0.717, 1.165) is 12.0 Å². The number of thiazole rings is 1. The summed E-state index contributed by atoms with van der Waals surface area (Å²) in [6.07, 6.45) is 0.969. The van der Waals surface area contributed by atoms with E-state index in [9.17, 15) is 14.4 Å². The molecule has 0 bridgehead atoms. The Morgan fingerprint density at radius 1 is 1.31 bits per heavy atom. The number of hydrogen-bond donors (Lipinski definition) is 2. The topological polar surface area (TPSA) is 99.6 Å². The van der Waals surface area contributed by atoms with Crippen LogP contribution in [-0.2, 0) is 22.6 Å². The van der Waals surface area contributed by atoms with E-state index in [1.165, 1.54) is 16.7 Å². The van der Waals surface area contributed by atoms with Gasteiger partial charge in [0.2, 0.25) is 11.8 Å². The Hall–Kier alpha value is -2.74. The minimum absolute atomic E-state index is 0.0107. The van der Waals surface area contributed by atoms with Crippen molar-refractivity contribution < 1.29 is 19.5 Å². The van der Waals surface area contributed by atoms with Crippen LogP contribution in [0.2, 0.25) is 0 Å². The number of aromatic carboxylic acids is 1. The van der Waals surface area contributed by atoms with E-state index < -0.39 is 5.97 Å². The first-order valence-corrected chi connectivity index (χ1v) is 9.18. The van der Waals surface area contributed by atoms with E-state index in [1.54, 1.807) is 4.90 Å². The SMILES string of the molecule is O=C(O)c1csc(CNC(=O)[C@H]2CC(=O)N(CCc3ccccc3)C2)n1. The van der Waals surface area contributed by atoms with Crippen molar-refractivity contribution in [3.63, 3.8) is 0 Å². The van der Waals surface area contributed by atoms with Gasteiger partial charge >= 0.3 is 5.97 Å². The Balaban J connectivity index is 1.47. The number of carboxylic acids is 1. The molecule has 8 heteroatoms. The summed E-state index contributed by atoms with van der Waals surface area (Å²) in [5.74, 6) is -1.68. The van der Waals surface area contributed by atoms with Gasteiger partial charge in [0.25, 0.3) is 0 Å². The molecule has 26 heavy (non-hydrogen) atoms. The summed E-state index contributed by atoms with van der Waals surface area (Å²) in [6, 6.07) is 9.92. The Bertz CT molecular complexity index is 806. The van der Waals surface area contributed by atoms with Crippen LogP contribution in [0.1, 0.15) is 27.5 Å². The molecule has 1 aliphatic heterocycles. The molecule has 0 radical (unpaired) electrons. The van der Waals surface area contributed by atoms with Gasteiger partial charge in [-0.2, -0.15) is 0 Å². The predicted molar refractivity (Wildman–Crippen MR) is 95.8 cm³/mol. The van der Waals surface area contributed by atoms with Gasteiger partial charge in [0.1, 0.15) is 5.01 Å². The summed E-state index contributed by atoms with van der Waals surface area (Å²) < 4.78 is 0. The first-order valence-electron chi connectivity index (χ1n) is 8.30. The number of rotatable bonds is 7. The predicted octanol–water partition coefficient (Wildman–Crippen LogP) is 1.55. The summed E-state index contributed by atoms with van der Waals surface area (Å²) in [5, 5.41) is 13.6. The van der Waals surface area contributed by atoms with Crippen LogP contribution in [0.5, 0.6) is 0 Å². The average molecular weight is 373 g/mol. The van der Waals surface area contributed by atoms with Gasteiger partial charge in [-0.15, -0.1) is 11.3 Å². The Kier molecular flexibility index (Phi) is 5.62. The number of nitrogens with one attached hydrogen (secondary N) is 1. The normalized spacial score (nSPS) is 16.7. The number of likely N-dealkylation sites (tertiary alicyclic amines) is 1. The fourth-order valence-electron chi connectivity index (χ4n) is 2.87. The minimum atomic E-state index is -1.09. The molecule has 1 fully saturated rings. The Morgan fingerprint density at radius 3 is 2.77 bits per heavy atom. The quantitative estimate of drug-likeness (QED) is 0.767. The number of carbonyl (C=O) groups is 3. The van der Waals surface area contributed by atoms with E-state index in [2.05, 4.69) is 10.3 Å². The third-order valence-corrected chi connectivity index (χ3v) is 5.13. The number of carboxylic acid groups (broad SMARTS) is 1. The fourth-order valence-corrected chi connectivity index (χ4v) is 3.58. The van der Waals surface area contributed by atoms with Gasteiger partial charge in [-0.1, -0.05) is 30.3 Å². The van der Waals surface area contributed by atoms with Crippen LogP contribution in [0.25, 0.3) is 0 Å². The van der Waals surface area contributed by atoms with E-state index in [0.29, 0.717) is 18.1 Å². The van der Waals surface area contributed by atoms with Crippen molar-refractivity contribution in [2.45, 2.75) is 19.4 Å². The van der Waals surface area contributed by atoms with Gasteiger partial charge in [0.15, 0.2) is 5.69 Å². The highest BCUT2D eigenvalue weighted by atomic mass is 32.1. The molecular weight excluding hydrogens is 354 g/mol. The summed E-state index contributed by atoms with van der Waals surface area (Å²) in [5.41, 5.74) is 1.13. The second kappa shape index (κ2) is 8.09. The highest BCUT2D eigenvalue weighted by Gasteiger charge is 2.33. The van der Waals surface area contributed by atoms with E-state index in [-0.39, 0.29) is 36.4 Å². The van der Waals surface area contributed by atoms with Gasteiger partial charge < -0.3 is 15.3 Å². The van der Waals surface area contributed by atoms with E-state index in [1.807, 2.05) is 30.3 Å². The molecule has 0 spiro atoms. The number of benzene rings is 1. The second-order valence-electron chi connectivity index (χ2n) is 6.13. The zero-order chi connectivity index (χ0) is 18.5. The van der Waals surface area contributed by atoms with Crippen LogP contribution in [0, 0.1) is 5.92 Å². The van der Waals surface area contributed by atoms with Gasteiger partial charge in [-0.05, 0) is 12.0 Å². The number of aromatic nitrogens is 1. The molecule has 7 nitrogen and oxygen atoms in total. The number of carbonyl (C=O) groups excluding carboxylic acids is 2. The van der Waals surface area contributed by atoms with Gasteiger partial charge in [-0.3, -0.25) is 9.59 Å². The molecule has 0 saturated carbocycles. The molecule has 1 aliphatic rings. The van der Waals surface area contributed by atoms with Crippen LogP contribution >= 0.6 is 11.3 Å². The van der Waals surface area contributed by atoms with E-state index >= 15 is 0 Å². The molecule has 0 aliphatic carbocycles. The lowest BCUT2D eigenvalue weighted by molar-refractivity contribution is -0.129. The maximum atomic E-state index is 12.3. The van der Waals surface area contributed by atoms with Crippen molar-refractivity contribution in [1.29, 1.82) is 0 Å². The van der Waals surface area contributed by atoms with Crippen molar-refractivity contribution in [2.75, 3.05) is 13.1 Å². The van der Waals surface area contributed by atoms with Gasteiger partial charge in [0.05, 0.1) is 12.5 Å². The summed E-state index contributed by atoms with van der Waals surface area (Å²) in [6.45, 7) is 1.18. The monoisotopic (exact) mass is 373 g/mol. The largest absolute Gasteiger partial charge is 0.476 e. The summed E-state index contributed by atoms with van der Waals surface area (Å²) >= 11 is 1.19. The number of amides is 2. The lowest BCUT2D eigenvalue weighted by Crippen LogP contribution is -2.33. The van der Waals surface area contributed by atoms with Crippen LogP contribution in [0.3, 0.4) is 0 Å². The second-order valence-corrected chi connectivity index (χ2v) is 7.07. The highest BCUT2D eigenvalue weighted by Crippen LogP contribution is 2.19. The van der Waals surface area contributed by atoms with Crippen molar-refractivity contribution in [3.8, 4) is 0 Å². The first-order chi connectivity index (χ1) is 12.5. The van der Waals surface area contributed by atoms with Crippen molar-refractivity contribution in [2.24, 2.45) is 5.92 Å². The lowest BCUT2D eigenvalue weighted by atomic mass is 10.1. The molecule has 1 aromatic carbocycles. The average Bonchev–Trinajstić information content (AvgIpc) is 3.26. The van der Waals surface area contributed by atoms with Crippen LogP contribution < -0.4 is 5.32 Å². The molecule has 1 saturated heterocycles. The minimum Gasteiger partial charge on any atom is -0.476 e. The Morgan fingerprint density at radius 2 is 2.08 bits per heavy atom. The maximum absolute atomic E-state index is 12.3. The molecule has 0 unspecified atom stereocenters. The van der Waals surface area contributed by atoms with Crippen molar-refractivity contribution >= 4 is 29.1 Å². The molecule has 136 valence electrons. The van der Waals surface area contributed by atoms with Gasteiger partial charge in [-0.25, -0.2) is 9.78 Å². The first kappa shape index (κ1) is 18.1. The molecule has 1 aromatic heterocycles. The highest BCUT2D eigenvalue weighted by molar-refractivity contribution is 7.09. The third-order valence-electron chi connectivity index (χ3n) is 4.28. The molecule has 3 rings (SSSR count). The van der Waals surface area contributed by atoms with E-state index in [4.69, 9.17) is 5.11 Å². The standard InChI is InChI=1S/C18H19N3O4S/c22-16-8-13(10-21(16)7-6-12-4-2-1-3-5-12)17(23)19-9-15-20-14(11-26-15)18(24)25/h1-5,11,13H,6-10H2,(H,19,23)(H,24,25)/t13-/m0/s1. The smallest absolute Gasteiger partial charge is 0.355 e. The maximum Gasteiger partial charge on any atom is 0.355 e. The molecule has 1 atom stereocenters. The van der Waals surface area contributed by atoms with Crippen LogP contribution in [-0.4, -0.2) is 45.9 Å². The molecule has 2 aromatic rings. The Labute approximate surface area is 154 Å². The van der Waals surface area contributed by atoms with Crippen LogP contribution in [0.15, 0.2) is 35.7 Å². The summed E-state index contributed by atoms with van der Waals surface area (Å²) in [4.78, 5) is 40.9. The zero-order valence-electron chi connectivity index (χ0n) is 14.1. The van der Waals surface area contributed by atoms with Gasteiger partial charge in [0, 0.05) is 24.9 Å². The molecule has 2 amide bonds. The third kappa shape index (κ3) is 4.45. The van der Waals surface area contributed by atoms with Crippen LogP contribution in [0.4, 0.5) is 0 Å². The zero-order valence-corrected chi connectivity index (χ0v) is 14.9. The molecular formula is C18H19N3O4S.